The van der Waals surface area contributed by atoms with Crippen LogP contribution < -0.4 is 5.32 Å². The molecule has 102 valence electrons. The smallest absolute Gasteiger partial charge is 0.0837 e. The highest BCUT2D eigenvalue weighted by Crippen LogP contribution is 2.31. The van der Waals surface area contributed by atoms with Crippen LogP contribution in [0.25, 0.3) is 10.9 Å². The lowest BCUT2D eigenvalue weighted by atomic mass is 9.99. The lowest BCUT2D eigenvalue weighted by molar-refractivity contribution is 0.609. The number of hydrogen-bond acceptors (Lipinski definition) is 3. The third-order valence-corrected chi connectivity index (χ3v) is 3.78. The highest BCUT2D eigenvalue weighted by atomic mass is 35.5. The van der Waals surface area contributed by atoms with Crippen LogP contribution in [0.4, 0.5) is 0 Å². The minimum atomic E-state index is -0.0251. The Balaban J connectivity index is 2.22. The fourth-order valence-electron chi connectivity index (χ4n) is 2.56. The number of pyridine rings is 1. The van der Waals surface area contributed by atoms with Crippen LogP contribution in [0.3, 0.4) is 0 Å². The van der Waals surface area contributed by atoms with E-state index in [0.717, 1.165) is 22.2 Å². The van der Waals surface area contributed by atoms with Crippen molar-refractivity contribution in [3.8, 4) is 0 Å². The molecule has 2 aromatic heterocycles. The molecule has 1 atom stereocenters. The van der Waals surface area contributed by atoms with Gasteiger partial charge in [0.15, 0.2) is 0 Å². The van der Waals surface area contributed by atoms with Gasteiger partial charge >= 0.3 is 0 Å². The molecule has 0 saturated carbocycles. The molecule has 0 fully saturated rings. The molecule has 0 amide bonds. The van der Waals surface area contributed by atoms with Crippen molar-refractivity contribution in [1.82, 2.24) is 20.1 Å². The van der Waals surface area contributed by atoms with Crippen LogP contribution >= 0.6 is 11.6 Å². The van der Waals surface area contributed by atoms with Gasteiger partial charge < -0.3 is 5.32 Å². The van der Waals surface area contributed by atoms with Crippen molar-refractivity contribution in [3.63, 3.8) is 0 Å². The van der Waals surface area contributed by atoms with Gasteiger partial charge in [-0.1, -0.05) is 29.8 Å². The van der Waals surface area contributed by atoms with Gasteiger partial charge in [0.05, 0.1) is 28.5 Å². The number of aryl methyl sites for hydroxylation is 1. The van der Waals surface area contributed by atoms with Crippen LogP contribution in [0.15, 0.2) is 42.7 Å². The topological polar surface area (TPSA) is 42.7 Å². The molecule has 5 heteroatoms. The lowest BCUT2D eigenvalue weighted by Crippen LogP contribution is -2.21. The van der Waals surface area contributed by atoms with E-state index in [0.29, 0.717) is 5.02 Å². The summed E-state index contributed by atoms with van der Waals surface area (Å²) in [6.07, 6.45) is 3.47. The summed E-state index contributed by atoms with van der Waals surface area (Å²) in [5.74, 6) is 0. The number of benzene rings is 1. The molecule has 1 unspecified atom stereocenters. The molecule has 4 nitrogen and oxygen atoms in total. The molecule has 0 bridgehead atoms. The highest BCUT2D eigenvalue weighted by molar-refractivity contribution is 6.31. The van der Waals surface area contributed by atoms with Gasteiger partial charge in [-0.05, 0) is 24.7 Å². The fraction of sp³-hybridized carbons (Fsp3) is 0.200. The normalized spacial score (nSPS) is 12.8. The summed E-state index contributed by atoms with van der Waals surface area (Å²) in [6, 6.07) is 10.1. The second kappa shape index (κ2) is 5.23. The van der Waals surface area contributed by atoms with Crippen molar-refractivity contribution in [2.24, 2.45) is 7.05 Å². The van der Waals surface area contributed by atoms with E-state index in [2.05, 4.69) is 27.5 Å². The maximum absolute atomic E-state index is 6.28. The molecule has 1 N–H and O–H groups in total. The van der Waals surface area contributed by atoms with Gasteiger partial charge in [-0.15, -0.1) is 0 Å². The predicted octanol–water partition coefficient (Wildman–Crippen LogP) is 2.93. The standard InChI is InChI=1S/C15H15ClN4/c1-17-14(15-12(16)9-19-20(15)2)11-5-3-7-13-10(11)6-4-8-18-13/h3-9,14,17H,1-2H3. The molecule has 0 radical (unpaired) electrons. The summed E-state index contributed by atoms with van der Waals surface area (Å²) in [4.78, 5) is 4.40. The van der Waals surface area contributed by atoms with Gasteiger partial charge in [0.2, 0.25) is 0 Å². The summed E-state index contributed by atoms with van der Waals surface area (Å²) in [5.41, 5.74) is 3.07. The van der Waals surface area contributed by atoms with Crippen LogP contribution in [0, 0.1) is 0 Å². The van der Waals surface area contributed by atoms with Crippen molar-refractivity contribution in [2.45, 2.75) is 6.04 Å². The van der Waals surface area contributed by atoms with Crippen molar-refractivity contribution in [1.29, 1.82) is 0 Å². The first-order valence-corrected chi connectivity index (χ1v) is 6.78. The maximum Gasteiger partial charge on any atom is 0.0837 e. The van der Waals surface area contributed by atoms with E-state index in [9.17, 15) is 0 Å². The molecule has 0 aliphatic heterocycles. The number of nitrogens with one attached hydrogen (secondary N) is 1. The predicted molar refractivity (Wildman–Crippen MR) is 80.9 cm³/mol. The number of fused-ring (bicyclic) bond motifs is 1. The summed E-state index contributed by atoms with van der Waals surface area (Å²) < 4.78 is 1.80. The molecular formula is C15H15ClN4. The molecule has 0 saturated heterocycles. The molecule has 2 heterocycles. The summed E-state index contributed by atoms with van der Waals surface area (Å²) >= 11 is 6.28. The second-order valence-corrected chi connectivity index (χ2v) is 5.05. The van der Waals surface area contributed by atoms with Crippen LogP contribution in [-0.2, 0) is 7.05 Å². The Labute approximate surface area is 122 Å². The van der Waals surface area contributed by atoms with E-state index in [4.69, 9.17) is 11.6 Å². The molecule has 1 aromatic carbocycles. The minimum absolute atomic E-state index is 0.0251. The molecule has 3 rings (SSSR count). The third-order valence-electron chi connectivity index (χ3n) is 3.49. The van der Waals surface area contributed by atoms with Crippen LogP contribution in [0.5, 0.6) is 0 Å². The Kier molecular flexibility index (Phi) is 3.42. The minimum Gasteiger partial charge on any atom is -0.308 e. The molecule has 3 aromatic rings. The SMILES string of the molecule is CNC(c1cccc2ncccc12)c1c(Cl)cnn1C. The fourth-order valence-corrected chi connectivity index (χ4v) is 2.84. The third kappa shape index (κ3) is 2.07. The number of hydrogen-bond donors (Lipinski definition) is 1. The van der Waals surface area contributed by atoms with Crippen LogP contribution in [0.2, 0.25) is 5.02 Å². The van der Waals surface area contributed by atoms with Gasteiger partial charge in [-0.25, -0.2) is 0 Å². The Bertz CT molecular complexity index is 726. The number of nitrogens with zero attached hydrogens (tertiary/aromatic N) is 3. The zero-order chi connectivity index (χ0) is 14.1. The number of rotatable bonds is 3. The van der Waals surface area contributed by atoms with Crippen molar-refractivity contribution in [3.05, 3.63) is 59.0 Å². The van der Waals surface area contributed by atoms with E-state index in [1.165, 1.54) is 0 Å². The lowest BCUT2D eigenvalue weighted by Gasteiger charge is -2.19. The average molecular weight is 287 g/mol. The Hall–Kier alpha value is -1.91. The monoisotopic (exact) mass is 286 g/mol. The van der Waals surface area contributed by atoms with Crippen molar-refractivity contribution >= 4 is 22.5 Å². The maximum atomic E-state index is 6.28. The van der Waals surface area contributed by atoms with E-state index in [1.807, 2.05) is 32.3 Å². The summed E-state index contributed by atoms with van der Waals surface area (Å²) in [5, 5.41) is 9.32. The first-order chi connectivity index (χ1) is 9.72. The van der Waals surface area contributed by atoms with Crippen molar-refractivity contribution < 1.29 is 0 Å². The average Bonchev–Trinajstić information content (AvgIpc) is 2.81. The van der Waals surface area contributed by atoms with E-state index < -0.39 is 0 Å². The molecular weight excluding hydrogens is 272 g/mol. The highest BCUT2D eigenvalue weighted by Gasteiger charge is 2.21. The Morgan fingerprint density at radius 1 is 1.25 bits per heavy atom. The van der Waals surface area contributed by atoms with E-state index in [1.54, 1.807) is 17.1 Å². The van der Waals surface area contributed by atoms with Gasteiger partial charge in [-0.2, -0.15) is 5.10 Å². The van der Waals surface area contributed by atoms with Gasteiger partial charge in [0.1, 0.15) is 0 Å². The summed E-state index contributed by atoms with van der Waals surface area (Å²) in [6.45, 7) is 0. The van der Waals surface area contributed by atoms with Gasteiger partial charge in [-0.3, -0.25) is 9.67 Å². The van der Waals surface area contributed by atoms with E-state index >= 15 is 0 Å². The van der Waals surface area contributed by atoms with Crippen LogP contribution in [-0.4, -0.2) is 21.8 Å². The molecule has 0 spiro atoms. The Morgan fingerprint density at radius 2 is 2.10 bits per heavy atom. The first kappa shape index (κ1) is 13.1. The zero-order valence-electron chi connectivity index (χ0n) is 11.3. The van der Waals surface area contributed by atoms with Gasteiger partial charge in [0.25, 0.3) is 0 Å². The first-order valence-electron chi connectivity index (χ1n) is 6.40. The number of aromatic nitrogens is 3. The Morgan fingerprint density at radius 3 is 2.80 bits per heavy atom. The van der Waals surface area contributed by atoms with E-state index in [-0.39, 0.29) is 6.04 Å². The molecule has 20 heavy (non-hydrogen) atoms. The summed E-state index contributed by atoms with van der Waals surface area (Å²) in [7, 11) is 3.82. The second-order valence-electron chi connectivity index (χ2n) is 4.64. The van der Waals surface area contributed by atoms with Gasteiger partial charge in [0, 0.05) is 18.6 Å². The number of halogens is 1. The molecule has 0 aliphatic carbocycles. The zero-order valence-corrected chi connectivity index (χ0v) is 12.1. The van der Waals surface area contributed by atoms with Crippen molar-refractivity contribution in [2.75, 3.05) is 7.05 Å². The largest absolute Gasteiger partial charge is 0.308 e. The van der Waals surface area contributed by atoms with Crippen LogP contribution in [0.1, 0.15) is 17.3 Å². The quantitative estimate of drug-likeness (QED) is 0.805. The molecule has 0 aliphatic rings.